The van der Waals surface area contributed by atoms with E-state index in [-0.39, 0.29) is 4.75 Å². The number of nitrogens with zero attached hydrogens (tertiary/aromatic N) is 1. The summed E-state index contributed by atoms with van der Waals surface area (Å²) in [6.45, 7) is 7.61. The molecule has 1 atom stereocenters. The monoisotopic (exact) mass is 379 g/mol. The zero-order valence-electron chi connectivity index (χ0n) is 10.3. The van der Waals surface area contributed by atoms with Gasteiger partial charge in [0.2, 0.25) is 0 Å². The maximum Gasteiger partial charge on any atom is 0.145 e. The van der Waals surface area contributed by atoms with E-state index in [1.165, 1.54) is 0 Å². The van der Waals surface area contributed by atoms with Gasteiger partial charge in [0.1, 0.15) is 11.0 Å². The van der Waals surface area contributed by atoms with Crippen LogP contribution in [0.25, 0.3) is 0 Å². The van der Waals surface area contributed by atoms with Crippen LogP contribution in [0, 0.1) is 0 Å². The standard InChI is InChI=1S/C12H15Br2NOS/c1-8(15-17(16)12(2,3)4)9-5-10(13)7-11(14)6-9/h5-7H,1-4H3/b15-8+/t17-/m0/s1. The van der Waals surface area contributed by atoms with Gasteiger partial charge in [0.05, 0.1) is 10.5 Å². The Bertz CT molecular complexity index is 458. The van der Waals surface area contributed by atoms with E-state index in [2.05, 4.69) is 36.3 Å². The minimum absolute atomic E-state index is 0.329. The van der Waals surface area contributed by atoms with E-state index in [1.54, 1.807) is 0 Å². The summed E-state index contributed by atoms with van der Waals surface area (Å²) in [5.74, 6) is 0. The van der Waals surface area contributed by atoms with Gasteiger partial charge in [-0.25, -0.2) is 4.21 Å². The third-order valence-electron chi connectivity index (χ3n) is 2.02. The van der Waals surface area contributed by atoms with E-state index in [0.29, 0.717) is 0 Å². The molecule has 0 fully saturated rings. The molecule has 5 heteroatoms. The highest BCUT2D eigenvalue weighted by atomic mass is 79.9. The molecule has 0 aliphatic rings. The second-order valence-electron chi connectivity index (χ2n) is 4.70. The van der Waals surface area contributed by atoms with Gasteiger partial charge in [-0.15, -0.1) is 0 Å². The van der Waals surface area contributed by atoms with Crippen molar-refractivity contribution in [1.29, 1.82) is 0 Å². The van der Waals surface area contributed by atoms with Crippen LogP contribution in [0.2, 0.25) is 0 Å². The summed E-state index contributed by atoms with van der Waals surface area (Å²) in [6, 6.07) is 5.88. The largest absolute Gasteiger partial charge is 0.234 e. The van der Waals surface area contributed by atoms with Gasteiger partial charge < -0.3 is 0 Å². The van der Waals surface area contributed by atoms with Crippen molar-refractivity contribution in [2.24, 2.45) is 4.40 Å². The highest BCUT2D eigenvalue weighted by Gasteiger charge is 2.19. The van der Waals surface area contributed by atoms with Crippen molar-refractivity contribution >= 4 is 48.6 Å². The fraction of sp³-hybridized carbons (Fsp3) is 0.417. The van der Waals surface area contributed by atoms with Crippen LogP contribution in [0.15, 0.2) is 31.5 Å². The van der Waals surface area contributed by atoms with Gasteiger partial charge >= 0.3 is 0 Å². The molecule has 1 aromatic rings. The van der Waals surface area contributed by atoms with Gasteiger partial charge in [-0.1, -0.05) is 31.9 Å². The molecule has 0 heterocycles. The summed E-state index contributed by atoms with van der Waals surface area (Å²) in [5.41, 5.74) is 1.74. The van der Waals surface area contributed by atoms with Crippen molar-refractivity contribution in [3.8, 4) is 0 Å². The fourth-order valence-electron chi connectivity index (χ4n) is 1.08. The minimum Gasteiger partial charge on any atom is -0.234 e. The molecule has 0 radical (unpaired) electrons. The second kappa shape index (κ2) is 5.76. The Labute approximate surface area is 122 Å². The first kappa shape index (κ1) is 15.1. The summed E-state index contributed by atoms with van der Waals surface area (Å²) in [6.07, 6.45) is 0. The first-order valence-corrected chi connectivity index (χ1v) is 7.83. The first-order chi connectivity index (χ1) is 7.70. The summed E-state index contributed by atoms with van der Waals surface area (Å²) in [5, 5.41) is 0. The molecule has 0 saturated carbocycles. The third-order valence-corrected chi connectivity index (χ3v) is 4.43. The molecule has 0 bridgehead atoms. The van der Waals surface area contributed by atoms with Crippen LogP contribution in [0.3, 0.4) is 0 Å². The van der Waals surface area contributed by atoms with Crippen molar-refractivity contribution in [2.45, 2.75) is 32.4 Å². The van der Waals surface area contributed by atoms with Gasteiger partial charge in [-0.2, -0.15) is 4.40 Å². The minimum atomic E-state index is -1.22. The van der Waals surface area contributed by atoms with E-state index in [4.69, 9.17) is 0 Å². The number of halogens is 2. The Morgan fingerprint density at radius 3 is 2.06 bits per heavy atom. The molecule has 0 aromatic heterocycles. The molecule has 0 N–H and O–H groups in total. The van der Waals surface area contributed by atoms with E-state index in [0.717, 1.165) is 20.2 Å². The topological polar surface area (TPSA) is 29.4 Å². The molecule has 2 nitrogen and oxygen atoms in total. The highest BCUT2D eigenvalue weighted by molar-refractivity contribution is 9.11. The van der Waals surface area contributed by atoms with E-state index in [9.17, 15) is 4.21 Å². The smallest absolute Gasteiger partial charge is 0.145 e. The summed E-state index contributed by atoms with van der Waals surface area (Å²) in [7, 11) is -1.22. The SMILES string of the molecule is C/C(=N\[S@@](=O)C(C)(C)C)c1cc(Br)cc(Br)c1. The van der Waals surface area contributed by atoms with Crippen molar-refractivity contribution in [3.05, 3.63) is 32.7 Å². The molecule has 0 saturated heterocycles. The van der Waals surface area contributed by atoms with Crippen LogP contribution in [0.4, 0.5) is 0 Å². The van der Waals surface area contributed by atoms with Crippen molar-refractivity contribution in [3.63, 3.8) is 0 Å². The van der Waals surface area contributed by atoms with Crippen LogP contribution >= 0.6 is 31.9 Å². The van der Waals surface area contributed by atoms with Gasteiger partial charge in [-0.05, 0) is 51.5 Å². The maximum atomic E-state index is 11.9. The van der Waals surface area contributed by atoms with Crippen LogP contribution < -0.4 is 0 Å². The molecule has 1 rings (SSSR count). The summed E-state index contributed by atoms with van der Waals surface area (Å²) < 4.78 is 17.8. The zero-order valence-corrected chi connectivity index (χ0v) is 14.2. The predicted octanol–water partition coefficient (Wildman–Crippen LogP) is 4.48. The summed E-state index contributed by atoms with van der Waals surface area (Å²) in [4.78, 5) is 0. The highest BCUT2D eigenvalue weighted by Crippen LogP contribution is 2.21. The van der Waals surface area contributed by atoms with Gasteiger partial charge in [0, 0.05) is 8.95 Å². The maximum absolute atomic E-state index is 11.9. The lowest BCUT2D eigenvalue weighted by atomic mass is 10.1. The molecular weight excluding hydrogens is 366 g/mol. The van der Waals surface area contributed by atoms with Crippen LogP contribution in [-0.4, -0.2) is 14.7 Å². The Morgan fingerprint density at radius 2 is 1.65 bits per heavy atom. The van der Waals surface area contributed by atoms with Crippen molar-refractivity contribution in [1.82, 2.24) is 0 Å². The lowest BCUT2D eigenvalue weighted by molar-refractivity contribution is 0.650. The Morgan fingerprint density at radius 1 is 1.18 bits per heavy atom. The van der Waals surface area contributed by atoms with E-state index < -0.39 is 11.0 Å². The fourth-order valence-corrected chi connectivity index (χ4v) is 3.00. The number of hydrogen-bond acceptors (Lipinski definition) is 1. The Hall–Kier alpha value is -0.000000000000000111. The quantitative estimate of drug-likeness (QED) is 0.695. The lowest BCUT2D eigenvalue weighted by Gasteiger charge is -2.14. The average Bonchev–Trinajstić information content (AvgIpc) is 2.14. The van der Waals surface area contributed by atoms with Crippen LogP contribution in [0.5, 0.6) is 0 Å². The molecule has 0 unspecified atom stereocenters. The number of hydrogen-bond donors (Lipinski definition) is 0. The van der Waals surface area contributed by atoms with Crippen molar-refractivity contribution in [2.75, 3.05) is 0 Å². The lowest BCUT2D eigenvalue weighted by Crippen LogP contribution is -2.20. The molecular formula is C12H15Br2NOS. The molecule has 1 aromatic carbocycles. The Kier molecular flexibility index (Phi) is 5.10. The molecule has 0 aliphatic heterocycles. The Balaban J connectivity index is 3.08. The van der Waals surface area contributed by atoms with Crippen LogP contribution in [-0.2, 0) is 11.0 Å². The predicted molar refractivity (Wildman–Crippen MR) is 81.9 cm³/mol. The van der Waals surface area contributed by atoms with Crippen molar-refractivity contribution < 1.29 is 4.21 Å². The van der Waals surface area contributed by atoms with E-state index >= 15 is 0 Å². The summed E-state index contributed by atoms with van der Waals surface area (Å²) >= 11 is 6.85. The van der Waals surface area contributed by atoms with Gasteiger partial charge in [0.15, 0.2) is 0 Å². The number of benzene rings is 1. The third kappa shape index (κ3) is 4.64. The molecule has 0 amide bonds. The second-order valence-corrected chi connectivity index (χ2v) is 8.43. The van der Waals surface area contributed by atoms with Crippen LogP contribution in [0.1, 0.15) is 33.3 Å². The van der Waals surface area contributed by atoms with Gasteiger partial charge in [0.25, 0.3) is 0 Å². The molecule has 0 aliphatic carbocycles. The normalized spacial score (nSPS) is 14.8. The van der Waals surface area contributed by atoms with E-state index in [1.807, 2.05) is 45.9 Å². The van der Waals surface area contributed by atoms with Gasteiger partial charge in [-0.3, -0.25) is 0 Å². The molecule has 0 spiro atoms. The zero-order chi connectivity index (χ0) is 13.2. The number of rotatable bonds is 2. The first-order valence-electron chi connectivity index (χ1n) is 5.14. The molecule has 17 heavy (non-hydrogen) atoms. The molecule has 94 valence electrons. The average molecular weight is 381 g/mol.